The van der Waals surface area contributed by atoms with E-state index in [2.05, 4.69) is 15.3 Å². The van der Waals surface area contributed by atoms with Gasteiger partial charge in [-0.3, -0.25) is 4.79 Å². The molecule has 0 aliphatic carbocycles. The summed E-state index contributed by atoms with van der Waals surface area (Å²) in [7, 11) is 1.67. The predicted molar refractivity (Wildman–Crippen MR) is 90.8 cm³/mol. The molecule has 0 saturated heterocycles. The number of carbonyl (C=O) groups is 1. The van der Waals surface area contributed by atoms with Crippen LogP contribution in [0.3, 0.4) is 0 Å². The van der Waals surface area contributed by atoms with Crippen molar-refractivity contribution >= 4 is 17.5 Å². The quantitative estimate of drug-likeness (QED) is 0.759. The number of hydrogen-bond acceptors (Lipinski definition) is 5. The van der Waals surface area contributed by atoms with Crippen LogP contribution in [0.25, 0.3) is 0 Å². The molecule has 0 fully saturated rings. The molecule has 23 heavy (non-hydrogen) atoms. The number of methoxy groups -OCH3 is 1. The van der Waals surface area contributed by atoms with E-state index in [1.807, 2.05) is 37.3 Å². The number of carbonyl (C=O) groups excluding carboxylic acids is 1. The Morgan fingerprint density at radius 3 is 2.52 bits per heavy atom. The number of anilines is 2. The van der Waals surface area contributed by atoms with Crippen LogP contribution in [0.5, 0.6) is 0 Å². The first-order chi connectivity index (χ1) is 11.3. The van der Waals surface area contributed by atoms with Crippen LogP contribution in [0.15, 0.2) is 42.7 Å². The molecule has 6 heteroatoms. The molecule has 2 aromatic rings. The minimum Gasteiger partial charge on any atom is -0.385 e. The molecule has 0 bridgehead atoms. The van der Waals surface area contributed by atoms with Gasteiger partial charge >= 0.3 is 0 Å². The van der Waals surface area contributed by atoms with Gasteiger partial charge < -0.3 is 15.0 Å². The third kappa shape index (κ3) is 4.75. The molecule has 0 aliphatic heterocycles. The first-order valence-corrected chi connectivity index (χ1v) is 7.68. The first-order valence-electron chi connectivity index (χ1n) is 7.68. The van der Waals surface area contributed by atoms with Crippen LogP contribution < -0.4 is 10.2 Å². The highest BCUT2D eigenvalue weighted by molar-refractivity contribution is 6.05. The number of aromatic nitrogens is 2. The van der Waals surface area contributed by atoms with Crippen molar-refractivity contribution in [3.8, 4) is 0 Å². The molecule has 1 aromatic carbocycles. The maximum Gasteiger partial charge on any atom is 0.261 e. The molecule has 1 aromatic heterocycles. The van der Waals surface area contributed by atoms with Crippen LogP contribution in [0.4, 0.5) is 11.6 Å². The Balaban J connectivity index is 2.01. The van der Waals surface area contributed by atoms with Gasteiger partial charge in [-0.1, -0.05) is 18.2 Å². The Labute approximate surface area is 136 Å². The molecule has 1 N–H and O–H groups in total. The summed E-state index contributed by atoms with van der Waals surface area (Å²) < 4.78 is 4.98. The zero-order valence-corrected chi connectivity index (χ0v) is 13.5. The van der Waals surface area contributed by atoms with E-state index in [4.69, 9.17) is 4.74 Å². The van der Waals surface area contributed by atoms with Crippen molar-refractivity contribution in [2.24, 2.45) is 0 Å². The molecule has 0 radical (unpaired) electrons. The predicted octanol–water partition coefficient (Wildman–Crippen LogP) is 2.59. The molecule has 1 heterocycles. The van der Waals surface area contributed by atoms with Gasteiger partial charge in [0.15, 0.2) is 0 Å². The van der Waals surface area contributed by atoms with Crippen molar-refractivity contribution in [3.63, 3.8) is 0 Å². The summed E-state index contributed by atoms with van der Waals surface area (Å²) in [6, 6.07) is 9.57. The van der Waals surface area contributed by atoms with Gasteiger partial charge in [0.25, 0.3) is 5.91 Å². The summed E-state index contributed by atoms with van der Waals surface area (Å²) in [5, 5.41) is 3.09. The zero-order chi connectivity index (χ0) is 16.5. The Morgan fingerprint density at radius 1 is 1.22 bits per heavy atom. The van der Waals surface area contributed by atoms with Crippen LogP contribution in [0.1, 0.15) is 23.7 Å². The lowest BCUT2D eigenvalue weighted by Gasteiger charge is -2.20. The van der Waals surface area contributed by atoms with Gasteiger partial charge in [-0.25, -0.2) is 9.97 Å². The molecule has 0 atom stereocenters. The lowest BCUT2D eigenvalue weighted by Crippen LogP contribution is -2.30. The van der Waals surface area contributed by atoms with Gasteiger partial charge in [-0.2, -0.15) is 0 Å². The topological polar surface area (TPSA) is 67.4 Å². The summed E-state index contributed by atoms with van der Waals surface area (Å²) in [6.07, 6.45) is 3.98. The maximum atomic E-state index is 12.6. The molecule has 0 saturated carbocycles. The highest BCUT2D eigenvalue weighted by atomic mass is 16.5. The number of nitrogens with zero attached hydrogens (tertiary/aromatic N) is 3. The van der Waals surface area contributed by atoms with Crippen molar-refractivity contribution in [1.29, 1.82) is 0 Å². The highest BCUT2D eigenvalue weighted by Gasteiger charge is 2.16. The SMILES string of the molecule is CCN(C(=O)c1cnc(NCCCOC)nc1)c1ccccc1. The van der Waals surface area contributed by atoms with Crippen molar-refractivity contribution in [2.45, 2.75) is 13.3 Å². The molecule has 2 rings (SSSR count). The van der Waals surface area contributed by atoms with Crippen LogP contribution in [0.2, 0.25) is 0 Å². The minimum absolute atomic E-state index is 0.107. The number of benzene rings is 1. The van der Waals surface area contributed by atoms with Gasteiger partial charge in [-0.15, -0.1) is 0 Å². The highest BCUT2D eigenvalue weighted by Crippen LogP contribution is 2.16. The summed E-state index contributed by atoms with van der Waals surface area (Å²) in [4.78, 5) is 22.7. The Hall–Kier alpha value is -2.47. The molecule has 0 unspecified atom stereocenters. The van der Waals surface area contributed by atoms with E-state index in [0.717, 1.165) is 18.7 Å². The van der Waals surface area contributed by atoms with Crippen molar-refractivity contribution < 1.29 is 9.53 Å². The lowest BCUT2D eigenvalue weighted by molar-refractivity contribution is 0.0987. The average Bonchev–Trinajstić information content (AvgIpc) is 2.61. The summed E-state index contributed by atoms with van der Waals surface area (Å²) in [6.45, 7) is 3.94. The first kappa shape index (κ1) is 16.9. The van der Waals surface area contributed by atoms with E-state index in [1.165, 1.54) is 0 Å². The van der Waals surface area contributed by atoms with E-state index in [0.29, 0.717) is 24.7 Å². The molecule has 0 aliphatic rings. The van der Waals surface area contributed by atoms with Crippen molar-refractivity contribution in [1.82, 2.24) is 9.97 Å². The van der Waals surface area contributed by atoms with Crippen LogP contribution >= 0.6 is 0 Å². The molecular formula is C17H22N4O2. The van der Waals surface area contributed by atoms with Gasteiger partial charge in [-0.05, 0) is 25.5 Å². The number of amides is 1. The molecule has 6 nitrogen and oxygen atoms in total. The van der Waals surface area contributed by atoms with Crippen molar-refractivity contribution in [2.75, 3.05) is 37.0 Å². The lowest BCUT2D eigenvalue weighted by atomic mass is 10.2. The van der Waals surface area contributed by atoms with E-state index in [-0.39, 0.29) is 5.91 Å². The zero-order valence-electron chi connectivity index (χ0n) is 13.5. The number of para-hydroxylation sites is 1. The number of nitrogens with one attached hydrogen (secondary N) is 1. The van der Waals surface area contributed by atoms with E-state index in [1.54, 1.807) is 24.4 Å². The number of hydrogen-bond donors (Lipinski definition) is 1. The van der Waals surface area contributed by atoms with Gasteiger partial charge in [0, 0.05) is 44.9 Å². The van der Waals surface area contributed by atoms with E-state index < -0.39 is 0 Å². The molecular weight excluding hydrogens is 292 g/mol. The molecule has 122 valence electrons. The Kier molecular flexibility index (Phi) is 6.50. The van der Waals surface area contributed by atoms with E-state index >= 15 is 0 Å². The minimum atomic E-state index is -0.107. The molecule has 0 spiro atoms. The largest absolute Gasteiger partial charge is 0.385 e. The number of ether oxygens (including phenoxy) is 1. The van der Waals surface area contributed by atoms with Crippen LogP contribution in [0, 0.1) is 0 Å². The second-order valence-corrected chi connectivity index (χ2v) is 4.95. The second kappa shape index (κ2) is 8.85. The van der Waals surface area contributed by atoms with E-state index in [9.17, 15) is 4.79 Å². The molecule has 1 amide bonds. The fourth-order valence-electron chi connectivity index (χ4n) is 2.15. The fraction of sp³-hybridized carbons (Fsp3) is 0.353. The fourth-order valence-corrected chi connectivity index (χ4v) is 2.15. The summed E-state index contributed by atoms with van der Waals surface area (Å²) >= 11 is 0. The normalized spacial score (nSPS) is 10.3. The number of rotatable bonds is 8. The van der Waals surface area contributed by atoms with Crippen LogP contribution in [-0.4, -0.2) is 42.7 Å². The third-order valence-corrected chi connectivity index (χ3v) is 3.34. The average molecular weight is 314 g/mol. The maximum absolute atomic E-state index is 12.6. The monoisotopic (exact) mass is 314 g/mol. The van der Waals surface area contributed by atoms with Crippen LogP contribution in [-0.2, 0) is 4.74 Å². The van der Waals surface area contributed by atoms with Gasteiger partial charge in [0.2, 0.25) is 5.95 Å². The Morgan fingerprint density at radius 2 is 1.91 bits per heavy atom. The Bertz CT molecular complexity index is 602. The summed E-state index contributed by atoms with van der Waals surface area (Å²) in [5.41, 5.74) is 1.33. The van der Waals surface area contributed by atoms with Gasteiger partial charge in [0.1, 0.15) is 0 Å². The van der Waals surface area contributed by atoms with Crippen molar-refractivity contribution in [3.05, 3.63) is 48.3 Å². The third-order valence-electron chi connectivity index (χ3n) is 3.34. The van der Waals surface area contributed by atoms with Gasteiger partial charge in [0.05, 0.1) is 5.56 Å². The summed E-state index contributed by atoms with van der Waals surface area (Å²) in [5.74, 6) is 0.407. The smallest absolute Gasteiger partial charge is 0.261 e. The standard InChI is InChI=1S/C17H22N4O2/c1-3-21(15-8-5-4-6-9-15)16(22)14-12-19-17(20-13-14)18-10-7-11-23-2/h4-6,8-9,12-13H,3,7,10-11H2,1-2H3,(H,18,19,20). The second-order valence-electron chi connectivity index (χ2n) is 4.95.